The smallest absolute Gasteiger partial charge is 0.323 e. The number of sulfonamides is 1. The summed E-state index contributed by atoms with van der Waals surface area (Å²) in [5.41, 5.74) is 3.17. The average molecular weight is 555 g/mol. The lowest BCUT2D eigenvalue weighted by atomic mass is 10.1. The van der Waals surface area contributed by atoms with Crippen molar-refractivity contribution in [2.45, 2.75) is 51.5 Å². The van der Waals surface area contributed by atoms with Gasteiger partial charge in [0.2, 0.25) is 15.9 Å². The van der Waals surface area contributed by atoms with Crippen LogP contribution in [0, 0.1) is 6.92 Å². The number of urea groups is 1. The molecule has 0 bridgehead atoms. The second-order valence-corrected chi connectivity index (χ2v) is 10.2. The summed E-state index contributed by atoms with van der Waals surface area (Å²) < 4.78 is 27.4. The Kier molecular flexibility index (Phi) is 11.6. The van der Waals surface area contributed by atoms with E-state index in [0.29, 0.717) is 16.9 Å². The standard InChI is InChI=1S/C26H28N4O6S.C2H6/c1-17-6-3-4-9-23(17)29-26(34)28-20-12-10-19(11-13-20)15-24(31)27-21-7-5-8-22(16-21)37(35,36)30-18(2)14-25(32)33;1-2/h3-13,16,18,30H,14-15H2,1-2H3,(H,27,31)(H,32,33)(H2,28,29,34);1-2H3. The Morgan fingerprint density at radius 3 is 2.15 bits per heavy atom. The molecule has 1 unspecified atom stereocenters. The molecule has 0 aliphatic carbocycles. The van der Waals surface area contributed by atoms with Crippen LogP contribution in [0.25, 0.3) is 0 Å². The van der Waals surface area contributed by atoms with Crippen LogP contribution in [0.2, 0.25) is 0 Å². The first kappa shape index (κ1) is 31.0. The Balaban J connectivity index is 0.00000260. The van der Waals surface area contributed by atoms with Crippen LogP contribution in [0.1, 0.15) is 38.3 Å². The van der Waals surface area contributed by atoms with E-state index in [4.69, 9.17) is 5.11 Å². The summed E-state index contributed by atoms with van der Waals surface area (Å²) >= 11 is 0. The fourth-order valence-corrected chi connectivity index (χ4v) is 4.76. The third-order valence-electron chi connectivity index (χ3n) is 5.23. The van der Waals surface area contributed by atoms with E-state index in [2.05, 4.69) is 20.7 Å². The highest BCUT2D eigenvalue weighted by Crippen LogP contribution is 2.18. The Morgan fingerprint density at radius 1 is 0.846 bits per heavy atom. The fourth-order valence-electron chi connectivity index (χ4n) is 3.47. The van der Waals surface area contributed by atoms with Gasteiger partial charge in [-0.25, -0.2) is 17.9 Å². The largest absolute Gasteiger partial charge is 0.481 e. The molecule has 3 aromatic rings. The van der Waals surface area contributed by atoms with Gasteiger partial charge in [-0.1, -0.05) is 50.2 Å². The molecule has 0 fully saturated rings. The number of hydrogen-bond donors (Lipinski definition) is 5. The lowest BCUT2D eigenvalue weighted by molar-refractivity contribution is -0.137. The van der Waals surface area contributed by atoms with Crippen LogP contribution in [-0.2, 0) is 26.0 Å². The second-order valence-electron chi connectivity index (χ2n) is 8.46. The van der Waals surface area contributed by atoms with Crippen molar-refractivity contribution in [3.63, 3.8) is 0 Å². The van der Waals surface area contributed by atoms with E-state index in [9.17, 15) is 22.8 Å². The molecule has 1 atom stereocenters. The number of rotatable bonds is 10. The number of anilines is 3. The molecule has 5 N–H and O–H groups in total. The van der Waals surface area contributed by atoms with E-state index in [-0.39, 0.29) is 35.4 Å². The highest BCUT2D eigenvalue weighted by Gasteiger charge is 2.19. The number of benzene rings is 3. The van der Waals surface area contributed by atoms with Gasteiger partial charge < -0.3 is 21.1 Å². The van der Waals surface area contributed by atoms with E-state index in [1.54, 1.807) is 36.4 Å². The minimum absolute atomic E-state index is 0.0283. The van der Waals surface area contributed by atoms with Crippen molar-refractivity contribution < 1.29 is 27.9 Å². The maximum Gasteiger partial charge on any atom is 0.323 e. The van der Waals surface area contributed by atoms with Crippen molar-refractivity contribution in [1.29, 1.82) is 0 Å². The van der Waals surface area contributed by atoms with E-state index in [1.807, 2.05) is 39.0 Å². The number of aryl methyl sites for hydroxylation is 1. The molecule has 3 rings (SSSR count). The van der Waals surface area contributed by atoms with Crippen LogP contribution < -0.4 is 20.7 Å². The molecule has 3 amide bonds. The minimum atomic E-state index is -3.96. The zero-order valence-corrected chi connectivity index (χ0v) is 23.1. The van der Waals surface area contributed by atoms with Gasteiger partial charge in [0.15, 0.2) is 0 Å². The molecular formula is C28H34N4O6S. The zero-order chi connectivity index (χ0) is 29.0. The first-order valence-electron chi connectivity index (χ1n) is 12.4. The average Bonchev–Trinajstić information content (AvgIpc) is 2.87. The predicted octanol–water partition coefficient (Wildman–Crippen LogP) is 4.99. The van der Waals surface area contributed by atoms with Crippen molar-refractivity contribution in [3.05, 3.63) is 83.9 Å². The second kappa shape index (κ2) is 14.6. The Bertz CT molecular complexity index is 1390. The molecule has 11 heteroatoms. The number of amides is 3. The number of para-hydroxylation sites is 1. The van der Waals surface area contributed by atoms with Gasteiger partial charge in [-0.15, -0.1) is 0 Å². The molecular weight excluding hydrogens is 520 g/mol. The van der Waals surface area contributed by atoms with Gasteiger partial charge in [-0.3, -0.25) is 9.59 Å². The van der Waals surface area contributed by atoms with E-state index >= 15 is 0 Å². The van der Waals surface area contributed by atoms with Gasteiger partial charge in [0, 0.05) is 23.1 Å². The normalized spacial score (nSPS) is 11.4. The molecule has 208 valence electrons. The van der Waals surface area contributed by atoms with Crippen LogP contribution >= 0.6 is 0 Å². The Hall–Kier alpha value is -4.22. The lowest BCUT2D eigenvalue weighted by Crippen LogP contribution is -2.34. The Labute approximate surface area is 228 Å². The molecule has 0 aromatic heterocycles. The molecule has 10 nitrogen and oxygen atoms in total. The molecule has 0 aliphatic rings. The lowest BCUT2D eigenvalue weighted by Gasteiger charge is -2.13. The summed E-state index contributed by atoms with van der Waals surface area (Å²) in [6, 6.07) is 18.7. The number of aliphatic carboxylic acids is 1. The first-order chi connectivity index (χ1) is 18.5. The summed E-state index contributed by atoms with van der Waals surface area (Å²) in [6.07, 6.45) is -0.331. The predicted molar refractivity (Wildman–Crippen MR) is 152 cm³/mol. The fraction of sp³-hybridized carbons (Fsp3) is 0.250. The first-order valence-corrected chi connectivity index (χ1v) is 13.9. The van der Waals surface area contributed by atoms with E-state index < -0.39 is 22.0 Å². The summed E-state index contributed by atoms with van der Waals surface area (Å²) in [7, 11) is -3.96. The summed E-state index contributed by atoms with van der Waals surface area (Å²) in [4.78, 5) is 35.5. The maximum atomic E-state index is 12.5. The SMILES string of the molecule is CC.Cc1ccccc1NC(=O)Nc1ccc(CC(=O)Nc2cccc(S(=O)(=O)NC(C)CC(=O)O)c2)cc1. The molecule has 0 saturated carbocycles. The molecule has 3 aromatic carbocycles. The highest BCUT2D eigenvalue weighted by atomic mass is 32.2. The summed E-state index contributed by atoms with van der Waals surface area (Å²) in [5.74, 6) is -1.48. The highest BCUT2D eigenvalue weighted by molar-refractivity contribution is 7.89. The third-order valence-corrected chi connectivity index (χ3v) is 6.82. The van der Waals surface area contributed by atoms with Gasteiger partial charge in [0.05, 0.1) is 17.7 Å². The molecule has 0 aliphatic heterocycles. The summed E-state index contributed by atoms with van der Waals surface area (Å²) in [6.45, 7) is 7.35. The number of carbonyl (C=O) groups excluding carboxylic acids is 2. The van der Waals surface area contributed by atoms with Crippen molar-refractivity contribution in [1.82, 2.24) is 4.72 Å². The van der Waals surface area contributed by atoms with E-state index in [0.717, 1.165) is 5.56 Å². The molecule has 0 heterocycles. The van der Waals surface area contributed by atoms with Crippen molar-refractivity contribution in [2.24, 2.45) is 0 Å². The van der Waals surface area contributed by atoms with Crippen LogP contribution in [0.5, 0.6) is 0 Å². The molecule has 0 radical (unpaired) electrons. The van der Waals surface area contributed by atoms with Gasteiger partial charge in [-0.05, 0) is 61.4 Å². The minimum Gasteiger partial charge on any atom is -0.481 e. The van der Waals surface area contributed by atoms with Gasteiger partial charge in [0.1, 0.15) is 0 Å². The topological polar surface area (TPSA) is 154 Å². The maximum absolute atomic E-state index is 12.5. The molecule has 39 heavy (non-hydrogen) atoms. The van der Waals surface area contributed by atoms with Gasteiger partial charge >= 0.3 is 12.0 Å². The molecule has 0 saturated heterocycles. The third kappa shape index (κ3) is 10.2. The van der Waals surface area contributed by atoms with Crippen molar-refractivity contribution in [2.75, 3.05) is 16.0 Å². The number of carboxylic acids is 1. The zero-order valence-electron chi connectivity index (χ0n) is 22.3. The monoisotopic (exact) mass is 554 g/mol. The van der Waals surface area contributed by atoms with Crippen LogP contribution in [0.3, 0.4) is 0 Å². The number of nitrogens with one attached hydrogen (secondary N) is 4. The van der Waals surface area contributed by atoms with Crippen LogP contribution in [0.15, 0.2) is 77.7 Å². The molecule has 0 spiro atoms. The van der Waals surface area contributed by atoms with Crippen LogP contribution in [-0.4, -0.2) is 37.5 Å². The summed E-state index contributed by atoms with van der Waals surface area (Å²) in [5, 5.41) is 17.0. The number of carboxylic acid groups (broad SMARTS) is 1. The van der Waals surface area contributed by atoms with Gasteiger partial charge in [-0.2, -0.15) is 0 Å². The Morgan fingerprint density at radius 2 is 1.51 bits per heavy atom. The number of carbonyl (C=O) groups is 3. The van der Waals surface area contributed by atoms with Gasteiger partial charge in [0.25, 0.3) is 0 Å². The van der Waals surface area contributed by atoms with Crippen LogP contribution in [0.4, 0.5) is 21.9 Å². The van der Waals surface area contributed by atoms with Crippen molar-refractivity contribution in [3.8, 4) is 0 Å². The van der Waals surface area contributed by atoms with Crippen molar-refractivity contribution >= 4 is 45.0 Å². The van der Waals surface area contributed by atoms with E-state index in [1.165, 1.54) is 25.1 Å². The quantitative estimate of drug-likeness (QED) is 0.238. The number of hydrogen-bond acceptors (Lipinski definition) is 5.